The molecule has 29 heavy (non-hydrogen) atoms. The van der Waals surface area contributed by atoms with Crippen molar-refractivity contribution in [1.29, 1.82) is 0 Å². The van der Waals surface area contributed by atoms with Gasteiger partial charge < -0.3 is 0 Å². The van der Waals surface area contributed by atoms with Crippen LogP contribution in [0.15, 0.2) is 71.7 Å². The first kappa shape index (κ1) is 16.7. The number of rotatable bonds is 2. The standard InChI is InChI=1S/C26H23N3/c1-27-26(16-7-2-8-17-26)20-12-9-15-23-24(20)18-10-3-4-11-19(18)25-28-21-13-5-6-14-22(21)29(23)25/h3-6,9-15H,1-2,7-8,16-17H2. The molecule has 3 heteroatoms. The molecule has 3 nitrogen and oxygen atoms in total. The summed E-state index contributed by atoms with van der Waals surface area (Å²) in [7, 11) is 0. The number of imidazole rings is 1. The zero-order valence-corrected chi connectivity index (χ0v) is 16.4. The van der Waals surface area contributed by atoms with Gasteiger partial charge in [-0.15, -0.1) is 0 Å². The van der Waals surface area contributed by atoms with Crippen LogP contribution in [0, 0.1) is 0 Å². The molecule has 0 aliphatic heterocycles. The fourth-order valence-electron chi connectivity index (χ4n) is 5.39. The van der Waals surface area contributed by atoms with Crippen molar-refractivity contribution in [2.75, 3.05) is 0 Å². The molecule has 0 saturated heterocycles. The Kier molecular flexibility index (Phi) is 3.55. The first-order valence-electron chi connectivity index (χ1n) is 10.5. The monoisotopic (exact) mass is 377 g/mol. The molecule has 0 atom stereocenters. The van der Waals surface area contributed by atoms with Gasteiger partial charge in [-0.25, -0.2) is 4.98 Å². The van der Waals surface area contributed by atoms with Crippen molar-refractivity contribution >= 4 is 45.1 Å². The van der Waals surface area contributed by atoms with Gasteiger partial charge in [0.15, 0.2) is 0 Å². The molecule has 0 radical (unpaired) electrons. The van der Waals surface area contributed by atoms with Crippen molar-refractivity contribution in [2.24, 2.45) is 4.99 Å². The Morgan fingerprint density at radius 3 is 2.34 bits per heavy atom. The molecule has 1 fully saturated rings. The van der Waals surface area contributed by atoms with E-state index in [0.29, 0.717) is 0 Å². The smallest absolute Gasteiger partial charge is 0.146 e. The Balaban J connectivity index is 1.87. The molecule has 6 rings (SSSR count). The third kappa shape index (κ3) is 2.24. The van der Waals surface area contributed by atoms with Crippen LogP contribution in [-0.4, -0.2) is 16.1 Å². The van der Waals surface area contributed by atoms with Crippen molar-refractivity contribution in [2.45, 2.75) is 37.6 Å². The summed E-state index contributed by atoms with van der Waals surface area (Å²) in [6, 6.07) is 23.8. The average molecular weight is 377 g/mol. The molecule has 3 aromatic carbocycles. The van der Waals surface area contributed by atoms with Crippen molar-refractivity contribution in [1.82, 2.24) is 9.38 Å². The molecule has 2 aromatic heterocycles. The lowest BCUT2D eigenvalue weighted by atomic mass is 9.75. The molecule has 5 aromatic rings. The minimum absolute atomic E-state index is 0.190. The van der Waals surface area contributed by atoms with E-state index in [2.05, 4.69) is 77.8 Å². The second kappa shape index (κ2) is 6.15. The van der Waals surface area contributed by atoms with Gasteiger partial charge >= 0.3 is 0 Å². The number of para-hydroxylation sites is 2. The molecule has 1 aliphatic rings. The van der Waals surface area contributed by atoms with Gasteiger partial charge in [0, 0.05) is 10.8 Å². The normalized spacial score (nSPS) is 16.7. The Labute approximate surface area is 169 Å². The quantitative estimate of drug-likeness (QED) is 0.250. The largest absolute Gasteiger partial charge is 0.292 e. The first-order chi connectivity index (χ1) is 14.3. The summed E-state index contributed by atoms with van der Waals surface area (Å²) in [6.07, 6.45) is 5.87. The van der Waals surface area contributed by atoms with Crippen LogP contribution in [0.25, 0.3) is 38.4 Å². The van der Waals surface area contributed by atoms with Crippen LogP contribution < -0.4 is 0 Å². The third-order valence-corrected chi connectivity index (χ3v) is 6.77. The molecule has 0 unspecified atom stereocenters. The second-order valence-corrected chi connectivity index (χ2v) is 8.26. The maximum atomic E-state index is 5.00. The predicted octanol–water partition coefficient (Wildman–Crippen LogP) is 6.65. The molecule has 142 valence electrons. The van der Waals surface area contributed by atoms with Crippen molar-refractivity contribution in [3.8, 4) is 0 Å². The van der Waals surface area contributed by atoms with E-state index in [-0.39, 0.29) is 5.54 Å². The van der Waals surface area contributed by atoms with Gasteiger partial charge in [-0.05, 0) is 48.7 Å². The Morgan fingerprint density at radius 1 is 0.793 bits per heavy atom. The number of aliphatic imine (C=N–C) groups is 1. The van der Waals surface area contributed by atoms with Gasteiger partial charge in [-0.3, -0.25) is 9.39 Å². The fourth-order valence-corrected chi connectivity index (χ4v) is 5.39. The number of pyridine rings is 1. The maximum Gasteiger partial charge on any atom is 0.146 e. The van der Waals surface area contributed by atoms with Crippen LogP contribution >= 0.6 is 0 Å². The van der Waals surface area contributed by atoms with E-state index >= 15 is 0 Å². The Bertz CT molecular complexity index is 1400. The highest BCUT2D eigenvalue weighted by Crippen LogP contribution is 2.45. The Hall–Kier alpha value is -3.20. The fraction of sp³-hybridized carbons (Fsp3) is 0.231. The van der Waals surface area contributed by atoms with Crippen LogP contribution in [0.5, 0.6) is 0 Å². The lowest BCUT2D eigenvalue weighted by Gasteiger charge is -2.35. The van der Waals surface area contributed by atoms with Crippen LogP contribution in [-0.2, 0) is 5.54 Å². The molecular weight excluding hydrogens is 354 g/mol. The molecule has 1 aliphatic carbocycles. The van der Waals surface area contributed by atoms with Crippen molar-refractivity contribution in [3.63, 3.8) is 0 Å². The molecular formula is C26H23N3. The van der Waals surface area contributed by atoms with Gasteiger partial charge in [0.2, 0.25) is 0 Å². The second-order valence-electron chi connectivity index (χ2n) is 8.26. The van der Waals surface area contributed by atoms with E-state index < -0.39 is 0 Å². The number of hydrogen-bond donors (Lipinski definition) is 0. The summed E-state index contributed by atoms with van der Waals surface area (Å²) in [5.74, 6) is 0. The molecule has 0 bridgehead atoms. The number of benzene rings is 3. The summed E-state index contributed by atoms with van der Waals surface area (Å²) >= 11 is 0. The van der Waals surface area contributed by atoms with Gasteiger partial charge in [0.1, 0.15) is 5.65 Å². The average Bonchev–Trinajstić information content (AvgIpc) is 3.19. The Morgan fingerprint density at radius 2 is 1.52 bits per heavy atom. The minimum atomic E-state index is -0.190. The van der Waals surface area contributed by atoms with Crippen LogP contribution in [0.3, 0.4) is 0 Å². The topological polar surface area (TPSA) is 29.7 Å². The first-order valence-corrected chi connectivity index (χ1v) is 10.5. The molecule has 1 saturated carbocycles. The van der Waals surface area contributed by atoms with E-state index in [1.165, 1.54) is 46.5 Å². The van der Waals surface area contributed by atoms with Gasteiger partial charge in [0.25, 0.3) is 0 Å². The van der Waals surface area contributed by atoms with E-state index in [4.69, 9.17) is 9.98 Å². The van der Waals surface area contributed by atoms with Gasteiger partial charge in [-0.1, -0.05) is 67.8 Å². The number of nitrogens with zero attached hydrogens (tertiary/aromatic N) is 3. The van der Waals surface area contributed by atoms with Crippen molar-refractivity contribution < 1.29 is 0 Å². The third-order valence-electron chi connectivity index (χ3n) is 6.77. The SMILES string of the molecule is C=NC1(c2cccc3c2c2ccccc2c2nc4ccccc4n32)CCCCC1. The molecule has 0 spiro atoms. The maximum absolute atomic E-state index is 5.00. The summed E-state index contributed by atoms with van der Waals surface area (Å²) < 4.78 is 2.33. The highest BCUT2D eigenvalue weighted by atomic mass is 15.0. The highest BCUT2D eigenvalue weighted by Gasteiger charge is 2.34. The molecule has 0 amide bonds. The summed E-state index contributed by atoms with van der Waals surface area (Å²) in [4.78, 5) is 9.76. The van der Waals surface area contributed by atoms with Crippen LogP contribution in [0.4, 0.5) is 0 Å². The lowest BCUT2D eigenvalue weighted by molar-refractivity contribution is 0.309. The number of aromatic nitrogens is 2. The lowest BCUT2D eigenvalue weighted by Crippen LogP contribution is -2.27. The highest BCUT2D eigenvalue weighted by molar-refractivity contribution is 6.15. The molecule has 0 N–H and O–H groups in total. The zero-order valence-electron chi connectivity index (χ0n) is 16.4. The van der Waals surface area contributed by atoms with Crippen molar-refractivity contribution in [3.05, 3.63) is 72.3 Å². The van der Waals surface area contributed by atoms with E-state index in [1.54, 1.807) is 0 Å². The molecule has 2 heterocycles. The van der Waals surface area contributed by atoms with E-state index in [0.717, 1.165) is 29.5 Å². The summed E-state index contributed by atoms with van der Waals surface area (Å²) in [5.41, 5.74) is 5.55. The summed E-state index contributed by atoms with van der Waals surface area (Å²) in [5, 5.41) is 3.75. The predicted molar refractivity (Wildman–Crippen MR) is 122 cm³/mol. The minimum Gasteiger partial charge on any atom is -0.292 e. The number of fused-ring (bicyclic) bond motifs is 8. The van der Waals surface area contributed by atoms with E-state index in [1.807, 2.05) is 0 Å². The summed E-state index contributed by atoms with van der Waals surface area (Å²) in [6.45, 7) is 4.05. The van der Waals surface area contributed by atoms with Gasteiger partial charge in [0.05, 0.1) is 22.1 Å². The van der Waals surface area contributed by atoms with E-state index in [9.17, 15) is 0 Å². The zero-order chi connectivity index (χ0) is 19.4. The van der Waals surface area contributed by atoms with Gasteiger partial charge in [-0.2, -0.15) is 0 Å². The van der Waals surface area contributed by atoms with Crippen LogP contribution in [0.2, 0.25) is 0 Å². The van der Waals surface area contributed by atoms with Crippen LogP contribution in [0.1, 0.15) is 37.7 Å². The number of hydrogen-bond acceptors (Lipinski definition) is 2.